The highest BCUT2D eigenvalue weighted by atomic mass is 32.1. The SMILES string of the molecule is O=C(O)C=Cc1cc(C(=O)Nc2ncc[nH]2)cs1. The second kappa shape index (κ2) is 5.28. The minimum atomic E-state index is -1.02. The number of aromatic nitrogens is 2. The molecule has 18 heavy (non-hydrogen) atoms. The number of thiophene rings is 1. The molecule has 2 heterocycles. The predicted octanol–water partition coefficient (Wildman–Crippen LogP) is 1.82. The Bertz CT molecular complexity index is 586. The van der Waals surface area contributed by atoms with Gasteiger partial charge >= 0.3 is 5.97 Å². The molecule has 7 heteroatoms. The van der Waals surface area contributed by atoms with Gasteiger partial charge in [0.2, 0.25) is 5.95 Å². The highest BCUT2D eigenvalue weighted by Crippen LogP contribution is 2.17. The Balaban J connectivity index is 2.05. The van der Waals surface area contributed by atoms with Crippen molar-refractivity contribution in [1.82, 2.24) is 9.97 Å². The van der Waals surface area contributed by atoms with Gasteiger partial charge in [0, 0.05) is 28.7 Å². The average molecular weight is 263 g/mol. The molecule has 0 spiro atoms. The molecule has 0 aliphatic carbocycles. The van der Waals surface area contributed by atoms with Crippen LogP contribution in [0.25, 0.3) is 6.08 Å². The largest absolute Gasteiger partial charge is 0.478 e. The van der Waals surface area contributed by atoms with Gasteiger partial charge in [-0.2, -0.15) is 0 Å². The molecule has 0 fully saturated rings. The van der Waals surface area contributed by atoms with E-state index in [0.717, 1.165) is 6.08 Å². The number of carbonyl (C=O) groups excluding carboxylic acids is 1. The maximum atomic E-state index is 11.8. The van der Waals surface area contributed by atoms with Crippen LogP contribution in [0.2, 0.25) is 0 Å². The normalized spacial score (nSPS) is 10.7. The number of nitrogens with one attached hydrogen (secondary N) is 2. The van der Waals surface area contributed by atoms with Gasteiger partial charge in [0.1, 0.15) is 0 Å². The molecule has 0 radical (unpaired) electrons. The van der Waals surface area contributed by atoms with E-state index in [2.05, 4.69) is 15.3 Å². The van der Waals surface area contributed by atoms with Crippen molar-refractivity contribution in [2.45, 2.75) is 0 Å². The van der Waals surface area contributed by atoms with Gasteiger partial charge in [-0.3, -0.25) is 10.1 Å². The van der Waals surface area contributed by atoms with Gasteiger partial charge in [0.15, 0.2) is 0 Å². The molecule has 0 saturated carbocycles. The van der Waals surface area contributed by atoms with Crippen LogP contribution in [0.4, 0.5) is 5.95 Å². The first-order valence-corrected chi connectivity index (χ1v) is 5.83. The lowest BCUT2D eigenvalue weighted by molar-refractivity contribution is -0.131. The number of amides is 1. The lowest BCUT2D eigenvalue weighted by atomic mass is 10.3. The van der Waals surface area contributed by atoms with Gasteiger partial charge in [0.25, 0.3) is 5.91 Å². The van der Waals surface area contributed by atoms with Crippen LogP contribution >= 0.6 is 11.3 Å². The molecule has 3 N–H and O–H groups in total. The first kappa shape index (κ1) is 12.1. The zero-order valence-corrected chi connectivity index (χ0v) is 9.90. The lowest BCUT2D eigenvalue weighted by Gasteiger charge is -1.97. The fraction of sp³-hybridized carbons (Fsp3) is 0. The first-order valence-electron chi connectivity index (χ1n) is 4.95. The van der Waals surface area contributed by atoms with Crippen molar-refractivity contribution >= 4 is 35.2 Å². The fourth-order valence-electron chi connectivity index (χ4n) is 1.23. The van der Waals surface area contributed by atoms with E-state index in [4.69, 9.17) is 5.11 Å². The zero-order valence-electron chi connectivity index (χ0n) is 9.08. The molecule has 1 amide bonds. The summed E-state index contributed by atoms with van der Waals surface area (Å²) in [5, 5.41) is 12.7. The number of rotatable bonds is 4. The van der Waals surface area contributed by atoms with Gasteiger partial charge in [-0.25, -0.2) is 9.78 Å². The van der Waals surface area contributed by atoms with Crippen molar-refractivity contribution in [2.24, 2.45) is 0 Å². The summed E-state index contributed by atoms with van der Waals surface area (Å²) in [6.07, 6.45) is 5.60. The number of aliphatic carboxylic acids is 1. The Morgan fingerprint density at radius 1 is 1.50 bits per heavy atom. The van der Waals surface area contributed by atoms with Crippen LogP contribution in [0.3, 0.4) is 0 Å². The highest BCUT2D eigenvalue weighted by Gasteiger charge is 2.09. The molecule has 2 aromatic heterocycles. The Morgan fingerprint density at radius 3 is 3.00 bits per heavy atom. The van der Waals surface area contributed by atoms with Crippen LogP contribution in [0.15, 0.2) is 29.9 Å². The smallest absolute Gasteiger partial charge is 0.328 e. The molecule has 0 saturated heterocycles. The lowest BCUT2D eigenvalue weighted by Crippen LogP contribution is -2.11. The number of carboxylic acids is 1. The van der Waals surface area contributed by atoms with Crippen molar-refractivity contribution in [3.05, 3.63) is 40.4 Å². The number of carboxylic acid groups (broad SMARTS) is 1. The number of hydrogen-bond donors (Lipinski definition) is 3. The number of aromatic amines is 1. The van der Waals surface area contributed by atoms with E-state index in [1.807, 2.05) is 0 Å². The summed E-state index contributed by atoms with van der Waals surface area (Å²) in [7, 11) is 0. The summed E-state index contributed by atoms with van der Waals surface area (Å²) < 4.78 is 0. The summed E-state index contributed by atoms with van der Waals surface area (Å²) in [6, 6.07) is 1.61. The van der Waals surface area contributed by atoms with E-state index in [1.54, 1.807) is 17.6 Å². The van der Waals surface area contributed by atoms with E-state index in [9.17, 15) is 9.59 Å². The first-order chi connectivity index (χ1) is 8.65. The molecular weight excluding hydrogens is 254 g/mol. The van der Waals surface area contributed by atoms with Gasteiger partial charge in [-0.05, 0) is 12.1 Å². The van der Waals surface area contributed by atoms with Crippen molar-refractivity contribution in [3.63, 3.8) is 0 Å². The Hall–Kier alpha value is -2.41. The third-order valence-corrected chi connectivity index (χ3v) is 2.90. The molecule has 0 unspecified atom stereocenters. The van der Waals surface area contributed by atoms with E-state index < -0.39 is 5.97 Å². The van der Waals surface area contributed by atoms with Crippen LogP contribution in [-0.4, -0.2) is 27.0 Å². The quantitative estimate of drug-likeness (QED) is 0.733. The predicted molar refractivity (Wildman–Crippen MR) is 67.5 cm³/mol. The molecule has 0 aliphatic heterocycles. The number of imidazole rings is 1. The standard InChI is InChI=1S/C11H9N3O3S/c15-9(16)2-1-8-5-7(6-18-8)10(17)14-11-12-3-4-13-11/h1-6H,(H,15,16)(H2,12,13,14,17). The Labute approximate surface area is 106 Å². The summed E-state index contributed by atoms with van der Waals surface area (Å²) >= 11 is 1.29. The van der Waals surface area contributed by atoms with Crippen molar-refractivity contribution in [3.8, 4) is 0 Å². The Morgan fingerprint density at radius 2 is 2.33 bits per heavy atom. The summed E-state index contributed by atoms with van der Waals surface area (Å²) in [5.41, 5.74) is 0.460. The van der Waals surface area contributed by atoms with Crippen LogP contribution in [0.5, 0.6) is 0 Å². The fourth-order valence-corrected chi connectivity index (χ4v) is 2.01. The van der Waals surface area contributed by atoms with Crippen LogP contribution in [0.1, 0.15) is 15.2 Å². The zero-order chi connectivity index (χ0) is 13.0. The number of carbonyl (C=O) groups is 2. The monoisotopic (exact) mass is 263 g/mol. The maximum absolute atomic E-state index is 11.8. The third-order valence-electron chi connectivity index (χ3n) is 2.00. The van der Waals surface area contributed by atoms with Gasteiger partial charge in [-0.1, -0.05) is 0 Å². The second-order valence-electron chi connectivity index (χ2n) is 3.30. The summed E-state index contributed by atoms with van der Waals surface area (Å²) in [4.78, 5) is 29.4. The van der Waals surface area contributed by atoms with Crippen LogP contribution in [0, 0.1) is 0 Å². The molecule has 92 valence electrons. The molecule has 6 nitrogen and oxygen atoms in total. The van der Waals surface area contributed by atoms with Crippen LogP contribution in [-0.2, 0) is 4.79 Å². The van der Waals surface area contributed by atoms with Gasteiger partial charge in [-0.15, -0.1) is 11.3 Å². The number of H-pyrrole nitrogens is 1. The molecule has 0 atom stereocenters. The number of nitrogens with zero attached hydrogens (tertiary/aromatic N) is 1. The highest BCUT2D eigenvalue weighted by molar-refractivity contribution is 7.11. The minimum Gasteiger partial charge on any atom is -0.478 e. The van der Waals surface area contributed by atoms with E-state index in [0.29, 0.717) is 16.4 Å². The van der Waals surface area contributed by atoms with Crippen molar-refractivity contribution in [1.29, 1.82) is 0 Å². The van der Waals surface area contributed by atoms with E-state index in [-0.39, 0.29) is 5.91 Å². The minimum absolute atomic E-state index is 0.295. The molecule has 0 aromatic carbocycles. The summed E-state index contributed by atoms with van der Waals surface area (Å²) in [5.74, 6) is -0.949. The second-order valence-corrected chi connectivity index (χ2v) is 4.24. The summed E-state index contributed by atoms with van der Waals surface area (Å²) in [6.45, 7) is 0. The molecule has 2 aromatic rings. The van der Waals surface area contributed by atoms with E-state index >= 15 is 0 Å². The van der Waals surface area contributed by atoms with Gasteiger partial charge in [0.05, 0.1) is 5.56 Å². The van der Waals surface area contributed by atoms with Crippen molar-refractivity contribution < 1.29 is 14.7 Å². The molecular formula is C11H9N3O3S. The van der Waals surface area contributed by atoms with Crippen LogP contribution < -0.4 is 5.32 Å². The average Bonchev–Trinajstić information content (AvgIpc) is 2.96. The van der Waals surface area contributed by atoms with E-state index in [1.165, 1.54) is 23.6 Å². The number of hydrogen-bond acceptors (Lipinski definition) is 4. The molecule has 2 rings (SSSR count). The van der Waals surface area contributed by atoms with Gasteiger partial charge < -0.3 is 10.1 Å². The maximum Gasteiger partial charge on any atom is 0.328 e. The Kier molecular flexibility index (Phi) is 3.54. The topological polar surface area (TPSA) is 95.1 Å². The molecule has 0 bridgehead atoms. The third kappa shape index (κ3) is 3.05. The molecule has 0 aliphatic rings. The number of anilines is 1. The van der Waals surface area contributed by atoms with Crippen molar-refractivity contribution in [2.75, 3.05) is 5.32 Å².